The summed E-state index contributed by atoms with van der Waals surface area (Å²) >= 11 is 0. The Morgan fingerprint density at radius 3 is 2.68 bits per heavy atom. The summed E-state index contributed by atoms with van der Waals surface area (Å²) in [4.78, 5) is 41.2. The summed E-state index contributed by atoms with van der Waals surface area (Å²) in [6.45, 7) is 4.98. The number of benzene rings is 1. The molecule has 2 aromatic heterocycles. The molecule has 0 radical (unpaired) electrons. The summed E-state index contributed by atoms with van der Waals surface area (Å²) in [6, 6.07) is 5.52. The van der Waals surface area contributed by atoms with Crippen molar-refractivity contribution in [3.8, 4) is 0 Å². The number of hydrogen-bond donors (Lipinski definition) is 1. The molecule has 0 atom stereocenters. The predicted molar refractivity (Wildman–Crippen MR) is 107 cm³/mol. The summed E-state index contributed by atoms with van der Waals surface area (Å²) in [6.07, 6.45) is 4.63. The Labute approximate surface area is 162 Å². The molecule has 8 nitrogen and oxygen atoms in total. The van der Waals surface area contributed by atoms with Crippen LogP contribution in [0.1, 0.15) is 21.6 Å². The predicted octanol–water partition coefficient (Wildman–Crippen LogP) is 2.77. The molecule has 3 aromatic rings. The lowest BCUT2D eigenvalue weighted by molar-refractivity contribution is 0.102. The van der Waals surface area contributed by atoms with Gasteiger partial charge in [-0.2, -0.15) is 0 Å². The second-order valence-electron chi connectivity index (χ2n) is 6.82. The number of rotatable bonds is 3. The fourth-order valence-corrected chi connectivity index (χ4v) is 3.43. The molecule has 3 amide bonds. The summed E-state index contributed by atoms with van der Waals surface area (Å²) < 4.78 is 0. The van der Waals surface area contributed by atoms with Crippen molar-refractivity contribution in [1.29, 1.82) is 0 Å². The van der Waals surface area contributed by atoms with Gasteiger partial charge >= 0.3 is 6.03 Å². The fraction of sp³-hybridized carbons (Fsp3) is 0.250. The number of carbonyl (C=O) groups excluding carboxylic acids is 2. The molecule has 3 heterocycles. The van der Waals surface area contributed by atoms with Gasteiger partial charge in [0.1, 0.15) is 6.33 Å². The van der Waals surface area contributed by atoms with Crippen LogP contribution in [0.3, 0.4) is 0 Å². The number of anilines is 2. The van der Waals surface area contributed by atoms with E-state index >= 15 is 0 Å². The maximum Gasteiger partial charge on any atom is 0.324 e. The van der Waals surface area contributed by atoms with Crippen LogP contribution in [0.25, 0.3) is 10.9 Å². The Morgan fingerprint density at radius 1 is 1.14 bits per heavy atom. The number of para-hydroxylation sites is 1. The largest absolute Gasteiger partial charge is 0.326 e. The Balaban J connectivity index is 1.78. The van der Waals surface area contributed by atoms with E-state index in [0.717, 1.165) is 16.6 Å². The van der Waals surface area contributed by atoms with E-state index in [2.05, 4.69) is 20.3 Å². The van der Waals surface area contributed by atoms with Gasteiger partial charge in [-0.25, -0.2) is 14.8 Å². The van der Waals surface area contributed by atoms with Crippen LogP contribution in [0.2, 0.25) is 0 Å². The molecule has 1 aromatic carbocycles. The monoisotopic (exact) mass is 376 g/mol. The molecule has 142 valence electrons. The van der Waals surface area contributed by atoms with Gasteiger partial charge in [0.05, 0.1) is 28.1 Å². The number of urea groups is 1. The van der Waals surface area contributed by atoms with Gasteiger partial charge in [-0.15, -0.1) is 0 Å². The Kier molecular flexibility index (Phi) is 4.38. The first-order valence-electron chi connectivity index (χ1n) is 8.96. The highest BCUT2D eigenvalue weighted by molar-refractivity contribution is 6.12. The SMILES string of the molecule is Cc1cnc2c(NC(=O)c3cncnc3C)cccc2c1N1CCN(C)C1=O. The standard InChI is InChI=1S/C20H20N6O2/c1-12-9-22-17-14(18(12)26-8-7-25(3)20(26)28)5-4-6-16(17)24-19(27)15-10-21-11-23-13(15)2/h4-6,9-11H,7-8H2,1-3H3,(H,24,27). The average molecular weight is 376 g/mol. The minimum Gasteiger partial charge on any atom is -0.326 e. The molecule has 0 saturated carbocycles. The number of fused-ring (bicyclic) bond motifs is 1. The lowest BCUT2D eigenvalue weighted by atomic mass is 10.1. The van der Waals surface area contributed by atoms with E-state index in [9.17, 15) is 9.59 Å². The zero-order chi connectivity index (χ0) is 19.8. The average Bonchev–Trinajstić information content (AvgIpc) is 3.01. The van der Waals surface area contributed by atoms with E-state index in [1.807, 2.05) is 19.1 Å². The molecule has 0 spiro atoms. The van der Waals surface area contributed by atoms with Crippen molar-refractivity contribution in [2.75, 3.05) is 30.4 Å². The van der Waals surface area contributed by atoms with E-state index in [-0.39, 0.29) is 11.9 Å². The van der Waals surface area contributed by atoms with Crippen LogP contribution < -0.4 is 10.2 Å². The van der Waals surface area contributed by atoms with Gasteiger partial charge in [0.25, 0.3) is 5.91 Å². The highest BCUT2D eigenvalue weighted by atomic mass is 16.2. The Morgan fingerprint density at radius 2 is 1.96 bits per heavy atom. The highest BCUT2D eigenvalue weighted by Crippen LogP contribution is 2.34. The minimum atomic E-state index is -0.300. The lowest BCUT2D eigenvalue weighted by Crippen LogP contribution is -2.30. The van der Waals surface area contributed by atoms with Crippen LogP contribution in [0, 0.1) is 13.8 Å². The third-order valence-electron chi connectivity index (χ3n) is 4.94. The molecule has 1 fully saturated rings. The van der Waals surface area contributed by atoms with Gasteiger partial charge in [0.15, 0.2) is 0 Å². The van der Waals surface area contributed by atoms with E-state index < -0.39 is 0 Å². The van der Waals surface area contributed by atoms with Crippen molar-refractivity contribution in [3.05, 3.63) is 53.7 Å². The van der Waals surface area contributed by atoms with Gasteiger partial charge in [0, 0.05) is 37.9 Å². The summed E-state index contributed by atoms with van der Waals surface area (Å²) in [5, 5.41) is 3.73. The van der Waals surface area contributed by atoms with Crippen molar-refractivity contribution < 1.29 is 9.59 Å². The molecule has 0 bridgehead atoms. The number of aryl methyl sites for hydroxylation is 2. The lowest BCUT2D eigenvalue weighted by Gasteiger charge is -2.21. The molecule has 4 rings (SSSR count). The molecular formula is C20H20N6O2. The maximum atomic E-state index is 12.7. The van der Waals surface area contributed by atoms with E-state index in [0.29, 0.717) is 35.6 Å². The first-order chi connectivity index (χ1) is 13.5. The van der Waals surface area contributed by atoms with Crippen LogP contribution in [-0.2, 0) is 0 Å². The molecule has 1 aliphatic rings. The third-order valence-corrected chi connectivity index (χ3v) is 4.94. The summed E-state index contributed by atoms with van der Waals surface area (Å²) in [5.74, 6) is -0.300. The minimum absolute atomic E-state index is 0.0397. The first kappa shape index (κ1) is 17.8. The summed E-state index contributed by atoms with van der Waals surface area (Å²) in [5.41, 5.74) is 3.95. The zero-order valence-electron chi connectivity index (χ0n) is 15.9. The maximum absolute atomic E-state index is 12.7. The van der Waals surface area contributed by atoms with Gasteiger partial charge < -0.3 is 10.2 Å². The number of carbonyl (C=O) groups is 2. The number of aromatic nitrogens is 3. The molecule has 8 heteroatoms. The van der Waals surface area contributed by atoms with E-state index in [1.54, 1.807) is 36.0 Å². The van der Waals surface area contributed by atoms with Crippen LogP contribution in [0.4, 0.5) is 16.2 Å². The van der Waals surface area contributed by atoms with Crippen LogP contribution in [0.15, 0.2) is 36.9 Å². The second-order valence-corrected chi connectivity index (χ2v) is 6.82. The van der Waals surface area contributed by atoms with Gasteiger partial charge in [-0.3, -0.25) is 14.7 Å². The molecule has 28 heavy (non-hydrogen) atoms. The molecular weight excluding hydrogens is 356 g/mol. The van der Waals surface area contributed by atoms with Crippen molar-refractivity contribution in [3.63, 3.8) is 0 Å². The molecule has 1 N–H and O–H groups in total. The fourth-order valence-electron chi connectivity index (χ4n) is 3.43. The van der Waals surface area contributed by atoms with E-state index in [4.69, 9.17) is 0 Å². The smallest absolute Gasteiger partial charge is 0.324 e. The molecule has 1 saturated heterocycles. The van der Waals surface area contributed by atoms with Crippen LogP contribution in [-0.4, -0.2) is 51.9 Å². The molecule has 0 unspecified atom stereocenters. The van der Waals surface area contributed by atoms with Gasteiger partial charge in [-0.1, -0.05) is 12.1 Å². The number of nitrogens with zero attached hydrogens (tertiary/aromatic N) is 5. The molecule has 1 aliphatic heterocycles. The summed E-state index contributed by atoms with van der Waals surface area (Å²) in [7, 11) is 1.79. The Bertz CT molecular complexity index is 1100. The second kappa shape index (κ2) is 6.88. The number of hydrogen-bond acceptors (Lipinski definition) is 5. The zero-order valence-corrected chi connectivity index (χ0v) is 15.9. The Hall–Kier alpha value is -3.55. The first-order valence-corrected chi connectivity index (χ1v) is 8.96. The highest BCUT2D eigenvalue weighted by Gasteiger charge is 2.29. The number of nitrogens with one attached hydrogen (secondary N) is 1. The van der Waals surface area contributed by atoms with Crippen molar-refractivity contribution in [2.24, 2.45) is 0 Å². The normalized spacial score (nSPS) is 14.0. The van der Waals surface area contributed by atoms with Gasteiger partial charge in [0.2, 0.25) is 0 Å². The van der Waals surface area contributed by atoms with Crippen molar-refractivity contribution in [2.45, 2.75) is 13.8 Å². The number of amides is 3. The van der Waals surface area contributed by atoms with E-state index in [1.165, 1.54) is 12.5 Å². The molecule has 0 aliphatic carbocycles. The van der Waals surface area contributed by atoms with Crippen LogP contribution >= 0.6 is 0 Å². The van der Waals surface area contributed by atoms with Crippen LogP contribution in [0.5, 0.6) is 0 Å². The third kappa shape index (κ3) is 2.92. The number of pyridine rings is 1. The quantitative estimate of drug-likeness (QED) is 0.759. The van der Waals surface area contributed by atoms with Crippen molar-refractivity contribution >= 4 is 34.2 Å². The topological polar surface area (TPSA) is 91.3 Å². The number of likely N-dealkylation sites (N-methyl/N-ethyl adjacent to an activating group) is 1. The van der Waals surface area contributed by atoms with Crippen molar-refractivity contribution in [1.82, 2.24) is 19.9 Å². The van der Waals surface area contributed by atoms with Gasteiger partial charge in [-0.05, 0) is 25.5 Å².